The van der Waals surface area contributed by atoms with Crippen molar-refractivity contribution in [2.75, 3.05) is 39.8 Å². The van der Waals surface area contributed by atoms with E-state index in [9.17, 15) is 14.4 Å². The number of rotatable bonds is 8. The fraction of sp³-hybridized carbons (Fsp3) is 0.478. The first-order valence-corrected chi connectivity index (χ1v) is 11.0. The van der Waals surface area contributed by atoms with Crippen molar-refractivity contribution in [2.45, 2.75) is 32.6 Å². The maximum atomic E-state index is 13.0. The number of primary amides is 1. The van der Waals surface area contributed by atoms with Gasteiger partial charge in [-0.1, -0.05) is 31.9 Å². The molecule has 1 aromatic heterocycles. The lowest BCUT2D eigenvalue weighted by Crippen LogP contribution is -2.53. The summed E-state index contributed by atoms with van der Waals surface area (Å²) in [7, 11) is 1.46. The molecule has 0 radical (unpaired) electrons. The van der Waals surface area contributed by atoms with Gasteiger partial charge in [0.1, 0.15) is 11.3 Å². The van der Waals surface area contributed by atoms with Crippen molar-refractivity contribution in [2.24, 2.45) is 5.73 Å². The normalized spacial score (nSPS) is 13.8. The van der Waals surface area contributed by atoms with Crippen molar-refractivity contribution in [3.63, 3.8) is 0 Å². The van der Waals surface area contributed by atoms with Gasteiger partial charge in [-0.3, -0.25) is 14.6 Å². The molecule has 2 aromatic rings. The van der Waals surface area contributed by atoms with Crippen LogP contribution >= 0.6 is 0 Å². The van der Waals surface area contributed by atoms with Gasteiger partial charge in [0.05, 0.1) is 24.7 Å². The number of pyridine rings is 1. The minimum atomic E-state index is -0.688. The van der Waals surface area contributed by atoms with E-state index in [4.69, 9.17) is 10.5 Å². The zero-order valence-electron chi connectivity index (χ0n) is 18.7. The number of aromatic nitrogens is 1. The summed E-state index contributed by atoms with van der Waals surface area (Å²) >= 11 is 0. The molecule has 3 N–H and O–H groups in total. The second-order valence-electron chi connectivity index (χ2n) is 7.83. The van der Waals surface area contributed by atoms with Crippen molar-refractivity contribution in [3.8, 4) is 5.75 Å². The highest BCUT2D eigenvalue weighted by atomic mass is 16.5. The third kappa shape index (κ3) is 5.27. The van der Waals surface area contributed by atoms with Gasteiger partial charge in [0.2, 0.25) is 5.91 Å². The van der Waals surface area contributed by atoms with E-state index in [-0.39, 0.29) is 23.9 Å². The monoisotopic (exact) mass is 441 g/mol. The molecule has 0 atom stereocenters. The number of nitrogens with zero attached hydrogens (tertiary/aromatic N) is 3. The second kappa shape index (κ2) is 10.8. The Morgan fingerprint density at radius 3 is 2.44 bits per heavy atom. The summed E-state index contributed by atoms with van der Waals surface area (Å²) in [5.41, 5.74) is 6.67. The van der Waals surface area contributed by atoms with Crippen LogP contribution in [0.15, 0.2) is 24.3 Å². The molecule has 32 heavy (non-hydrogen) atoms. The molecular weight excluding hydrogens is 410 g/mol. The first kappa shape index (κ1) is 23.3. The fourth-order valence-electron chi connectivity index (χ4n) is 3.92. The summed E-state index contributed by atoms with van der Waals surface area (Å²) in [5.74, 6) is -0.525. The van der Waals surface area contributed by atoms with Crippen molar-refractivity contribution in [1.82, 2.24) is 20.1 Å². The molecule has 0 bridgehead atoms. The van der Waals surface area contributed by atoms with Gasteiger partial charge in [0.15, 0.2) is 0 Å². The highest BCUT2D eigenvalue weighted by molar-refractivity contribution is 6.03. The summed E-state index contributed by atoms with van der Waals surface area (Å²) in [6, 6.07) is 7.16. The van der Waals surface area contributed by atoms with Crippen LogP contribution in [0.5, 0.6) is 5.75 Å². The number of nitrogens with two attached hydrogens (primary N) is 1. The molecule has 9 nitrogen and oxygen atoms in total. The number of ether oxygens (including phenoxy) is 1. The lowest BCUT2D eigenvalue weighted by atomic mass is 10.0. The third-order valence-corrected chi connectivity index (χ3v) is 5.67. The Hall–Kier alpha value is -3.36. The Labute approximate surface area is 187 Å². The molecular formula is C23H31N5O4. The lowest BCUT2D eigenvalue weighted by Gasteiger charge is -2.34. The quantitative estimate of drug-likeness (QED) is 0.607. The van der Waals surface area contributed by atoms with Crippen molar-refractivity contribution in [3.05, 3.63) is 35.5 Å². The van der Waals surface area contributed by atoms with Gasteiger partial charge < -0.3 is 25.6 Å². The number of nitrogens with one attached hydrogen (secondary N) is 1. The van der Waals surface area contributed by atoms with Crippen LogP contribution in [0.1, 0.15) is 42.2 Å². The number of para-hydroxylation sites is 1. The third-order valence-electron chi connectivity index (χ3n) is 5.67. The first-order valence-electron chi connectivity index (χ1n) is 11.0. The molecule has 1 fully saturated rings. The van der Waals surface area contributed by atoms with Crippen molar-refractivity contribution < 1.29 is 19.1 Å². The van der Waals surface area contributed by atoms with Gasteiger partial charge in [-0.05, 0) is 18.6 Å². The van der Waals surface area contributed by atoms with E-state index in [0.29, 0.717) is 55.1 Å². The molecule has 0 saturated carbocycles. The summed E-state index contributed by atoms with van der Waals surface area (Å²) in [6.45, 7) is 4.56. The maximum absolute atomic E-state index is 13.0. The zero-order valence-corrected chi connectivity index (χ0v) is 18.7. The highest BCUT2D eigenvalue weighted by Crippen LogP contribution is 2.31. The van der Waals surface area contributed by atoms with Gasteiger partial charge in [0, 0.05) is 38.1 Å². The molecule has 1 aliphatic heterocycles. The summed E-state index contributed by atoms with van der Waals surface area (Å²) in [6.07, 6.45) is 3.09. The van der Waals surface area contributed by atoms with Gasteiger partial charge >= 0.3 is 6.03 Å². The van der Waals surface area contributed by atoms with Gasteiger partial charge in [-0.25, -0.2) is 4.79 Å². The predicted molar refractivity (Wildman–Crippen MR) is 122 cm³/mol. The molecule has 3 rings (SSSR count). The van der Waals surface area contributed by atoms with Gasteiger partial charge in [-0.2, -0.15) is 0 Å². The van der Waals surface area contributed by atoms with Crippen LogP contribution < -0.4 is 15.8 Å². The van der Waals surface area contributed by atoms with E-state index in [1.54, 1.807) is 21.9 Å². The minimum Gasteiger partial charge on any atom is -0.495 e. The van der Waals surface area contributed by atoms with Crippen LogP contribution in [-0.4, -0.2) is 72.5 Å². The topological polar surface area (TPSA) is 118 Å². The number of methoxy groups -OCH3 is 1. The number of fused-ring (bicyclic) bond motifs is 1. The molecule has 0 unspecified atom stereocenters. The zero-order chi connectivity index (χ0) is 23.1. The van der Waals surface area contributed by atoms with E-state index in [1.807, 2.05) is 12.1 Å². The van der Waals surface area contributed by atoms with Crippen LogP contribution in [0.4, 0.5) is 4.79 Å². The van der Waals surface area contributed by atoms with Crippen LogP contribution in [0.3, 0.4) is 0 Å². The lowest BCUT2D eigenvalue weighted by molar-refractivity contribution is -0.131. The van der Waals surface area contributed by atoms with E-state index in [2.05, 4.69) is 17.2 Å². The molecule has 0 aliphatic carbocycles. The number of unbranched alkanes of at least 4 members (excludes halogenated alkanes) is 2. The number of urea groups is 1. The summed E-state index contributed by atoms with van der Waals surface area (Å²) < 4.78 is 5.46. The Bertz CT molecular complexity index is 986. The van der Waals surface area contributed by atoms with Crippen LogP contribution in [-0.2, 0) is 11.2 Å². The number of hydrogen-bond acceptors (Lipinski definition) is 5. The van der Waals surface area contributed by atoms with Crippen LogP contribution in [0, 0.1) is 0 Å². The average Bonchev–Trinajstić information content (AvgIpc) is 2.80. The van der Waals surface area contributed by atoms with Crippen LogP contribution in [0.2, 0.25) is 0 Å². The SMILES string of the molecule is CCCCCNC(=O)N1CCN(C(=O)Cc2nc3ccccc3c(OC)c2C(N)=O)CC1. The standard InChI is InChI=1S/C23H31N5O4/c1-3-4-7-10-25-23(31)28-13-11-27(12-14-28)19(29)15-18-20(22(24)30)21(32-2)16-8-5-6-9-17(16)26-18/h5-6,8-9H,3-4,7,10-15H2,1-2H3,(H2,24,30)(H,25,31). The maximum Gasteiger partial charge on any atom is 0.317 e. The molecule has 172 valence electrons. The smallest absolute Gasteiger partial charge is 0.317 e. The highest BCUT2D eigenvalue weighted by Gasteiger charge is 2.27. The summed E-state index contributed by atoms with van der Waals surface area (Å²) in [4.78, 5) is 45.4. The van der Waals surface area contributed by atoms with E-state index in [0.717, 1.165) is 19.3 Å². The average molecular weight is 442 g/mol. The van der Waals surface area contributed by atoms with E-state index >= 15 is 0 Å². The number of carbonyl (C=O) groups is 3. The Morgan fingerprint density at radius 2 is 1.78 bits per heavy atom. The molecule has 1 aliphatic rings. The first-order chi connectivity index (χ1) is 15.5. The van der Waals surface area contributed by atoms with E-state index < -0.39 is 5.91 Å². The molecule has 0 spiro atoms. The molecule has 1 saturated heterocycles. The van der Waals surface area contributed by atoms with Crippen molar-refractivity contribution >= 4 is 28.7 Å². The van der Waals surface area contributed by atoms with Crippen LogP contribution in [0.25, 0.3) is 10.9 Å². The number of amides is 4. The minimum absolute atomic E-state index is 0.0668. The van der Waals surface area contributed by atoms with Crippen molar-refractivity contribution in [1.29, 1.82) is 0 Å². The van der Waals surface area contributed by atoms with Gasteiger partial charge in [-0.15, -0.1) is 0 Å². The molecule has 1 aromatic carbocycles. The predicted octanol–water partition coefficient (Wildman–Crippen LogP) is 1.93. The Morgan fingerprint density at radius 1 is 1.09 bits per heavy atom. The van der Waals surface area contributed by atoms with E-state index in [1.165, 1.54) is 7.11 Å². The fourth-order valence-corrected chi connectivity index (χ4v) is 3.92. The molecule has 4 amide bonds. The Balaban J connectivity index is 1.67. The molecule has 9 heteroatoms. The number of piperazine rings is 1. The Kier molecular flexibility index (Phi) is 7.86. The largest absolute Gasteiger partial charge is 0.495 e. The number of benzene rings is 1. The number of hydrogen-bond donors (Lipinski definition) is 2. The number of carbonyl (C=O) groups excluding carboxylic acids is 3. The summed E-state index contributed by atoms with van der Waals surface area (Å²) in [5, 5.41) is 3.59. The van der Waals surface area contributed by atoms with Gasteiger partial charge in [0.25, 0.3) is 5.91 Å². The molecule has 2 heterocycles. The second-order valence-corrected chi connectivity index (χ2v) is 7.83.